The van der Waals surface area contributed by atoms with Gasteiger partial charge in [0, 0.05) is 13.1 Å². The number of esters is 1. The van der Waals surface area contributed by atoms with Crippen LogP contribution in [0.2, 0.25) is 0 Å². The van der Waals surface area contributed by atoms with Crippen molar-refractivity contribution in [2.24, 2.45) is 7.05 Å². The van der Waals surface area contributed by atoms with Crippen LogP contribution in [0, 0.1) is 6.92 Å². The van der Waals surface area contributed by atoms with Crippen molar-refractivity contribution in [2.45, 2.75) is 13.5 Å². The van der Waals surface area contributed by atoms with Gasteiger partial charge < -0.3 is 9.84 Å². The molecule has 1 aromatic carbocycles. The molecule has 5 nitrogen and oxygen atoms in total. The van der Waals surface area contributed by atoms with E-state index in [1.165, 1.54) is 10.7 Å². The van der Waals surface area contributed by atoms with E-state index < -0.39 is 5.97 Å². The molecule has 0 unspecified atom stereocenters. The van der Waals surface area contributed by atoms with Crippen LogP contribution in [0.3, 0.4) is 0 Å². The molecule has 0 spiro atoms. The normalized spacial score (nSPS) is 10.4. The molecule has 0 aliphatic carbocycles. The van der Waals surface area contributed by atoms with Crippen LogP contribution in [0.5, 0.6) is 5.88 Å². The Morgan fingerprint density at radius 2 is 2.17 bits per heavy atom. The van der Waals surface area contributed by atoms with Gasteiger partial charge in [-0.3, -0.25) is 4.68 Å². The molecule has 0 radical (unpaired) electrons. The van der Waals surface area contributed by atoms with E-state index in [0.717, 1.165) is 5.56 Å². The van der Waals surface area contributed by atoms with E-state index in [9.17, 15) is 4.79 Å². The fraction of sp³-hybridized carbons (Fsp3) is 0.231. The van der Waals surface area contributed by atoms with Gasteiger partial charge in [-0.1, -0.05) is 18.2 Å². The molecule has 18 heavy (non-hydrogen) atoms. The zero-order valence-corrected chi connectivity index (χ0v) is 10.3. The zero-order chi connectivity index (χ0) is 13.1. The Labute approximate surface area is 105 Å². The van der Waals surface area contributed by atoms with Crippen molar-refractivity contribution in [3.63, 3.8) is 0 Å². The van der Waals surface area contributed by atoms with Crippen molar-refractivity contribution in [1.29, 1.82) is 0 Å². The van der Waals surface area contributed by atoms with Crippen molar-refractivity contribution >= 4 is 5.97 Å². The maximum Gasteiger partial charge on any atom is 0.345 e. The van der Waals surface area contributed by atoms with E-state index in [1.54, 1.807) is 19.2 Å². The van der Waals surface area contributed by atoms with Gasteiger partial charge in [-0.2, -0.15) is 0 Å². The van der Waals surface area contributed by atoms with Crippen LogP contribution in [0.4, 0.5) is 0 Å². The molecule has 0 saturated carbocycles. The summed E-state index contributed by atoms with van der Waals surface area (Å²) in [7, 11) is 1.68. The first-order chi connectivity index (χ1) is 8.61. The lowest BCUT2D eigenvalue weighted by Gasteiger charge is -2.03. The maximum atomic E-state index is 11.9. The van der Waals surface area contributed by atoms with Crippen molar-refractivity contribution in [3.8, 4) is 5.88 Å². The van der Waals surface area contributed by atoms with Gasteiger partial charge in [-0.05, 0) is 18.6 Å². The van der Waals surface area contributed by atoms with Gasteiger partial charge in [0.05, 0.1) is 17.9 Å². The van der Waals surface area contributed by atoms with Gasteiger partial charge in [0.2, 0.25) is 5.88 Å². The predicted molar refractivity (Wildman–Crippen MR) is 65.3 cm³/mol. The van der Waals surface area contributed by atoms with E-state index in [2.05, 4.69) is 5.10 Å². The molecule has 5 heteroatoms. The van der Waals surface area contributed by atoms with E-state index in [1.807, 2.05) is 19.1 Å². The molecule has 0 bridgehead atoms. The Kier molecular flexibility index (Phi) is 3.43. The fourth-order valence-corrected chi connectivity index (χ4v) is 1.63. The van der Waals surface area contributed by atoms with E-state index in [4.69, 9.17) is 9.84 Å². The molecule has 94 valence electrons. The van der Waals surface area contributed by atoms with Crippen LogP contribution in [0.1, 0.15) is 21.6 Å². The smallest absolute Gasteiger partial charge is 0.345 e. The minimum Gasteiger partial charge on any atom is -0.402 e. The number of aromatic nitrogens is 2. The summed E-state index contributed by atoms with van der Waals surface area (Å²) in [6.07, 6.45) is 0. The highest BCUT2D eigenvalue weighted by molar-refractivity contribution is 5.92. The lowest BCUT2D eigenvalue weighted by molar-refractivity contribution is 0.0726. The number of aliphatic hydroxyl groups excluding tert-OH is 1. The van der Waals surface area contributed by atoms with Gasteiger partial charge in [0.25, 0.3) is 0 Å². The average molecular weight is 246 g/mol. The van der Waals surface area contributed by atoms with Crippen LogP contribution in [0.15, 0.2) is 30.3 Å². The summed E-state index contributed by atoms with van der Waals surface area (Å²) in [6.45, 7) is 1.69. The lowest BCUT2D eigenvalue weighted by Crippen LogP contribution is -2.10. The summed E-state index contributed by atoms with van der Waals surface area (Å²) in [5, 5.41) is 13.0. The number of nitrogens with zero attached hydrogens (tertiary/aromatic N) is 2. The molecule has 0 saturated heterocycles. The molecule has 0 aliphatic heterocycles. The predicted octanol–water partition coefficient (Wildman–Crippen LogP) is 1.44. The molecular weight excluding hydrogens is 232 g/mol. The third kappa shape index (κ3) is 2.41. The first kappa shape index (κ1) is 12.3. The third-order valence-electron chi connectivity index (χ3n) is 2.68. The number of hydrogen-bond acceptors (Lipinski definition) is 4. The van der Waals surface area contributed by atoms with Gasteiger partial charge in [0.15, 0.2) is 0 Å². The first-order valence-electron chi connectivity index (χ1n) is 5.53. The highest BCUT2D eigenvalue weighted by Crippen LogP contribution is 2.14. The maximum absolute atomic E-state index is 11.9. The SMILES string of the molecule is Cc1ccccc1C(=O)Oc1cc(CO)n(C)n1. The van der Waals surface area contributed by atoms with Gasteiger partial charge >= 0.3 is 5.97 Å². The highest BCUT2D eigenvalue weighted by atomic mass is 16.5. The monoisotopic (exact) mass is 246 g/mol. The second-order valence-corrected chi connectivity index (χ2v) is 3.96. The Morgan fingerprint density at radius 1 is 1.44 bits per heavy atom. The Balaban J connectivity index is 2.19. The molecular formula is C13H14N2O3. The quantitative estimate of drug-likeness (QED) is 0.832. The molecule has 0 amide bonds. The second-order valence-electron chi connectivity index (χ2n) is 3.96. The summed E-state index contributed by atoms with van der Waals surface area (Å²) in [5.41, 5.74) is 1.94. The Morgan fingerprint density at radius 3 is 2.78 bits per heavy atom. The summed E-state index contributed by atoms with van der Waals surface area (Å²) < 4.78 is 6.64. The molecule has 2 rings (SSSR count). The number of ether oxygens (including phenoxy) is 1. The van der Waals surface area contributed by atoms with Crippen molar-refractivity contribution < 1.29 is 14.6 Å². The van der Waals surface area contributed by atoms with Gasteiger partial charge in [-0.15, -0.1) is 5.10 Å². The van der Waals surface area contributed by atoms with Crippen molar-refractivity contribution in [2.75, 3.05) is 0 Å². The number of rotatable bonds is 3. The summed E-state index contributed by atoms with van der Waals surface area (Å²) in [5.74, 6) is -0.259. The Bertz CT molecular complexity index is 575. The number of aryl methyl sites for hydroxylation is 2. The van der Waals surface area contributed by atoms with Gasteiger partial charge in [0.1, 0.15) is 0 Å². The fourth-order valence-electron chi connectivity index (χ4n) is 1.63. The minimum atomic E-state index is -0.448. The summed E-state index contributed by atoms with van der Waals surface area (Å²) in [4.78, 5) is 11.9. The summed E-state index contributed by atoms with van der Waals surface area (Å²) in [6, 6.07) is 8.72. The topological polar surface area (TPSA) is 64.3 Å². The Hall–Kier alpha value is -2.14. The van der Waals surface area contributed by atoms with Crippen LogP contribution in [-0.4, -0.2) is 20.9 Å². The molecule has 2 aromatic rings. The van der Waals surface area contributed by atoms with E-state index in [0.29, 0.717) is 11.3 Å². The number of aliphatic hydroxyl groups is 1. The first-order valence-corrected chi connectivity index (χ1v) is 5.53. The standard InChI is InChI=1S/C13H14N2O3/c1-9-5-3-4-6-11(9)13(17)18-12-7-10(8-16)15(2)14-12/h3-7,16H,8H2,1-2H3. The van der Waals surface area contributed by atoms with Crippen LogP contribution in [0.25, 0.3) is 0 Å². The zero-order valence-electron chi connectivity index (χ0n) is 10.3. The van der Waals surface area contributed by atoms with Gasteiger partial charge in [-0.25, -0.2) is 4.79 Å². The average Bonchev–Trinajstić information content (AvgIpc) is 2.69. The van der Waals surface area contributed by atoms with E-state index >= 15 is 0 Å². The summed E-state index contributed by atoms with van der Waals surface area (Å²) >= 11 is 0. The van der Waals surface area contributed by atoms with E-state index in [-0.39, 0.29) is 12.5 Å². The molecule has 0 atom stereocenters. The molecule has 1 aromatic heterocycles. The number of carbonyl (C=O) groups excluding carboxylic acids is 1. The number of hydrogen-bond donors (Lipinski definition) is 1. The number of carbonyl (C=O) groups is 1. The molecule has 1 N–H and O–H groups in total. The largest absolute Gasteiger partial charge is 0.402 e. The van der Waals surface area contributed by atoms with Crippen molar-refractivity contribution in [3.05, 3.63) is 47.2 Å². The van der Waals surface area contributed by atoms with Crippen LogP contribution < -0.4 is 4.74 Å². The third-order valence-corrected chi connectivity index (χ3v) is 2.68. The van der Waals surface area contributed by atoms with Crippen molar-refractivity contribution in [1.82, 2.24) is 9.78 Å². The molecule has 1 heterocycles. The molecule has 0 aliphatic rings. The highest BCUT2D eigenvalue weighted by Gasteiger charge is 2.13. The number of benzene rings is 1. The van der Waals surface area contributed by atoms with Crippen LogP contribution >= 0.6 is 0 Å². The minimum absolute atomic E-state index is 0.147. The molecule has 0 fully saturated rings. The second kappa shape index (κ2) is 5.01. The van der Waals surface area contributed by atoms with Crippen LogP contribution in [-0.2, 0) is 13.7 Å². The lowest BCUT2D eigenvalue weighted by atomic mass is 10.1.